The zero-order valence-electron chi connectivity index (χ0n) is 15.7. The topological polar surface area (TPSA) is 118 Å². The molecule has 0 bridgehead atoms. The lowest BCUT2D eigenvalue weighted by Crippen LogP contribution is -2.34. The van der Waals surface area contributed by atoms with Gasteiger partial charge in [0.15, 0.2) is 6.61 Å². The van der Waals surface area contributed by atoms with Crippen LogP contribution in [0, 0.1) is 5.41 Å². The number of esters is 1. The molecule has 0 fully saturated rings. The summed E-state index contributed by atoms with van der Waals surface area (Å²) in [6.45, 7) is -0.236. The molecule has 3 N–H and O–H groups in total. The summed E-state index contributed by atoms with van der Waals surface area (Å²) in [4.78, 5) is 35.1. The maximum absolute atomic E-state index is 12.1. The van der Waals surface area contributed by atoms with Gasteiger partial charge in [0.05, 0.1) is 12.2 Å². The fourth-order valence-corrected chi connectivity index (χ4v) is 2.44. The molecule has 0 saturated carbocycles. The minimum absolute atomic E-state index is 0. The first-order chi connectivity index (χ1) is 13.4. The van der Waals surface area contributed by atoms with Gasteiger partial charge in [0.2, 0.25) is 0 Å². The van der Waals surface area contributed by atoms with Gasteiger partial charge in [-0.3, -0.25) is 15.5 Å². The third kappa shape index (κ3) is 7.74. The second-order valence-electron chi connectivity index (χ2n) is 5.41. The van der Waals surface area contributed by atoms with Crippen molar-refractivity contribution in [2.24, 2.45) is 0 Å². The Kier molecular flexibility index (Phi) is 10.2. The van der Waals surface area contributed by atoms with Gasteiger partial charge < -0.3 is 14.8 Å². The molecule has 0 radical (unpaired) electrons. The van der Waals surface area contributed by atoms with E-state index >= 15 is 0 Å². The molecule has 2 aromatic carbocycles. The summed E-state index contributed by atoms with van der Waals surface area (Å²) in [6, 6.07) is 12.0. The lowest BCUT2D eigenvalue weighted by Gasteiger charge is -2.09. The normalized spacial score (nSPS) is 9.59. The molecule has 0 atom stereocenters. The third-order valence-corrected chi connectivity index (χ3v) is 4.18. The maximum atomic E-state index is 12.1. The average Bonchev–Trinajstić information content (AvgIpc) is 2.72. The monoisotopic (exact) mass is 529 g/mol. The van der Waals surface area contributed by atoms with Gasteiger partial charge in [0, 0.05) is 16.8 Å². The summed E-state index contributed by atoms with van der Waals surface area (Å²) in [5.41, 5.74) is 1.49. The van der Waals surface area contributed by atoms with Crippen molar-refractivity contribution in [2.45, 2.75) is 0 Å². The van der Waals surface area contributed by atoms with E-state index in [2.05, 4.69) is 15.4 Å². The van der Waals surface area contributed by atoms with E-state index in [1.165, 1.54) is 43.1 Å². The number of rotatable bonds is 6. The van der Waals surface area contributed by atoms with Crippen LogP contribution in [0.3, 0.4) is 0 Å². The van der Waals surface area contributed by atoms with Crippen molar-refractivity contribution in [3.63, 3.8) is 0 Å². The molecule has 8 nitrogen and oxygen atoms in total. The molecule has 3 amide bonds. The number of methoxy groups -OCH3 is 1. The van der Waals surface area contributed by atoms with Crippen LogP contribution in [0.4, 0.5) is 10.5 Å². The summed E-state index contributed by atoms with van der Waals surface area (Å²) < 4.78 is 9.65. The van der Waals surface area contributed by atoms with Gasteiger partial charge in [0.1, 0.15) is 5.75 Å². The highest BCUT2D eigenvalue weighted by Gasteiger charge is 2.11. The zero-order chi connectivity index (χ0) is 20.5. The summed E-state index contributed by atoms with van der Waals surface area (Å²) >= 11 is 1.32. The van der Waals surface area contributed by atoms with Crippen molar-refractivity contribution in [3.05, 3.63) is 59.7 Å². The highest BCUT2D eigenvalue weighted by Crippen LogP contribution is 2.14. The van der Waals surface area contributed by atoms with Crippen LogP contribution in [0.2, 0.25) is 0 Å². The lowest BCUT2D eigenvalue weighted by atomic mass is 10.2. The fourth-order valence-electron chi connectivity index (χ4n) is 2.06. The molecule has 154 valence electrons. The van der Waals surface area contributed by atoms with Crippen molar-refractivity contribution in [1.82, 2.24) is 5.32 Å². The van der Waals surface area contributed by atoms with Crippen LogP contribution < -0.4 is 15.4 Å². The summed E-state index contributed by atoms with van der Waals surface area (Å²) in [5, 5.41) is 12.9. The van der Waals surface area contributed by atoms with Crippen LogP contribution in [0.25, 0.3) is 0 Å². The van der Waals surface area contributed by atoms with Crippen molar-refractivity contribution in [3.8, 4) is 5.75 Å². The molecule has 0 aromatic heterocycles. The molecule has 0 saturated heterocycles. The second kappa shape index (κ2) is 12.1. The average molecular weight is 529 g/mol. The number of amides is 3. The minimum atomic E-state index is -0.677. The predicted octanol–water partition coefficient (Wildman–Crippen LogP) is 3.51. The van der Waals surface area contributed by atoms with Gasteiger partial charge in [-0.2, -0.15) is 0 Å². The Morgan fingerprint density at radius 1 is 1.00 bits per heavy atom. The van der Waals surface area contributed by atoms with Crippen LogP contribution in [0.15, 0.2) is 48.5 Å². The van der Waals surface area contributed by atoms with E-state index in [-0.39, 0.29) is 36.1 Å². The van der Waals surface area contributed by atoms with Crippen molar-refractivity contribution in [2.75, 3.05) is 25.3 Å². The van der Waals surface area contributed by atoms with E-state index in [0.717, 1.165) is 5.56 Å². The molecule has 0 aliphatic rings. The SMILES string of the molecule is COC(=O)COc1ccc(C(=O)NC(=O)Nc2ccc(C(=N)SC)cc2)cc1.I. The number of thioether (sulfide) groups is 1. The number of hydrogen-bond acceptors (Lipinski definition) is 7. The smallest absolute Gasteiger partial charge is 0.343 e. The summed E-state index contributed by atoms with van der Waals surface area (Å²) in [7, 11) is 1.26. The largest absolute Gasteiger partial charge is 0.482 e. The fraction of sp³-hybridized carbons (Fsp3) is 0.158. The number of carbonyl (C=O) groups excluding carboxylic acids is 3. The van der Waals surface area contributed by atoms with Gasteiger partial charge in [-0.25, -0.2) is 9.59 Å². The van der Waals surface area contributed by atoms with E-state index in [4.69, 9.17) is 10.1 Å². The number of benzene rings is 2. The van der Waals surface area contributed by atoms with E-state index in [9.17, 15) is 14.4 Å². The molecule has 0 heterocycles. The molecular weight excluding hydrogens is 509 g/mol. The molecule has 2 aromatic rings. The lowest BCUT2D eigenvalue weighted by molar-refractivity contribution is -0.142. The number of nitrogens with one attached hydrogen (secondary N) is 3. The van der Waals surface area contributed by atoms with Crippen LogP contribution in [0.1, 0.15) is 15.9 Å². The molecule has 0 spiro atoms. The highest BCUT2D eigenvalue weighted by molar-refractivity contribution is 14.0. The van der Waals surface area contributed by atoms with Crippen LogP contribution in [-0.2, 0) is 9.53 Å². The van der Waals surface area contributed by atoms with E-state index in [1.807, 2.05) is 6.26 Å². The number of imide groups is 1. The van der Waals surface area contributed by atoms with Gasteiger partial charge in [-0.15, -0.1) is 35.7 Å². The number of anilines is 1. The Labute approximate surface area is 189 Å². The van der Waals surface area contributed by atoms with Crippen LogP contribution >= 0.6 is 35.7 Å². The maximum Gasteiger partial charge on any atom is 0.343 e. The quantitative estimate of drug-likeness (QED) is 0.228. The zero-order valence-corrected chi connectivity index (χ0v) is 18.8. The van der Waals surface area contributed by atoms with Crippen molar-refractivity contribution in [1.29, 1.82) is 5.41 Å². The molecule has 0 aliphatic carbocycles. The van der Waals surface area contributed by atoms with Gasteiger partial charge in [0.25, 0.3) is 5.91 Å². The van der Waals surface area contributed by atoms with E-state index in [1.54, 1.807) is 24.3 Å². The molecule has 2 rings (SSSR count). The van der Waals surface area contributed by atoms with E-state index < -0.39 is 17.9 Å². The minimum Gasteiger partial charge on any atom is -0.482 e. The van der Waals surface area contributed by atoms with E-state index in [0.29, 0.717) is 16.5 Å². The number of carbonyl (C=O) groups is 3. The van der Waals surface area contributed by atoms with Crippen LogP contribution in [0.5, 0.6) is 5.75 Å². The molecule has 0 aliphatic heterocycles. The highest BCUT2D eigenvalue weighted by atomic mass is 127. The number of ether oxygens (including phenoxy) is 2. The van der Waals surface area contributed by atoms with Gasteiger partial charge >= 0.3 is 12.0 Å². The molecule has 10 heteroatoms. The summed E-state index contributed by atoms with van der Waals surface area (Å²) in [5.74, 6) is -0.711. The standard InChI is InChI=1S/C19H19N3O5S.HI/c1-26-16(23)11-27-15-9-5-13(6-10-15)18(24)22-19(25)21-14-7-3-12(4-8-14)17(20)28-2;/h3-10,20H,11H2,1-2H3,(H2,21,22,24,25);1H. The second-order valence-corrected chi connectivity index (χ2v) is 6.22. The first-order valence-electron chi connectivity index (χ1n) is 8.08. The Morgan fingerprint density at radius 2 is 1.59 bits per heavy atom. The number of hydrogen-bond donors (Lipinski definition) is 3. The number of urea groups is 1. The third-order valence-electron chi connectivity index (χ3n) is 3.54. The van der Waals surface area contributed by atoms with Crippen LogP contribution in [-0.4, -0.2) is 42.9 Å². The Hall–Kier alpha value is -2.60. The Balaban J connectivity index is 0.00000420. The molecular formula is C19H20IN3O5S. The molecule has 29 heavy (non-hydrogen) atoms. The summed E-state index contributed by atoms with van der Waals surface area (Å²) in [6.07, 6.45) is 1.81. The first-order valence-corrected chi connectivity index (χ1v) is 9.30. The Bertz CT molecular complexity index is 872. The predicted molar refractivity (Wildman–Crippen MR) is 123 cm³/mol. The molecule has 0 unspecified atom stereocenters. The van der Waals surface area contributed by atoms with Gasteiger partial charge in [-0.1, -0.05) is 12.1 Å². The Morgan fingerprint density at radius 3 is 2.14 bits per heavy atom. The first kappa shape index (κ1) is 24.4. The van der Waals surface area contributed by atoms with Crippen molar-refractivity contribution < 1.29 is 23.9 Å². The number of halogens is 1. The van der Waals surface area contributed by atoms with Crippen molar-refractivity contribution >= 4 is 64.4 Å². The van der Waals surface area contributed by atoms with Gasteiger partial charge in [-0.05, 0) is 42.7 Å².